The molecule has 0 bridgehead atoms. The molecule has 2 unspecified atom stereocenters. The second-order valence-electron chi connectivity index (χ2n) is 4.77. The molecule has 0 saturated carbocycles. The maximum atomic E-state index is 12.9. The van der Waals surface area contributed by atoms with Gasteiger partial charge in [-0.3, -0.25) is 4.79 Å². The van der Waals surface area contributed by atoms with Gasteiger partial charge < -0.3 is 10.4 Å². The molecular weight excluding hydrogens is 311 g/mol. The van der Waals surface area contributed by atoms with Gasteiger partial charge in [-0.05, 0) is 17.2 Å². The molecule has 0 fully saturated rings. The molecule has 0 spiro atoms. The minimum Gasteiger partial charge on any atom is -0.386 e. The maximum Gasteiger partial charge on any atom is 0.315 e. The summed E-state index contributed by atoms with van der Waals surface area (Å²) in [7, 11) is 0. The fourth-order valence-electron chi connectivity index (χ4n) is 2.01. The molecule has 23 heavy (non-hydrogen) atoms. The summed E-state index contributed by atoms with van der Waals surface area (Å²) in [6.45, 7) is -1.17. The van der Waals surface area contributed by atoms with Gasteiger partial charge in [0.05, 0.1) is 18.4 Å². The lowest BCUT2D eigenvalue weighted by Crippen LogP contribution is -2.43. The highest BCUT2D eigenvalue weighted by atomic mass is 19.3. The molecule has 0 aliphatic heterocycles. The Labute approximate surface area is 130 Å². The lowest BCUT2D eigenvalue weighted by Gasteiger charge is -2.21. The molecule has 8 heteroatoms. The zero-order valence-electron chi connectivity index (χ0n) is 11.9. The zero-order valence-corrected chi connectivity index (χ0v) is 11.9. The SMILES string of the molecule is O=C(NC(CF)C(O)c1ccc(-c2ccnnc2)cc1)C(F)F. The van der Waals surface area contributed by atoms with Crippen molar-refractivity contribution in [2.75, 3.05) is 6.67 Å². The van der Waals surface area contributed by atoms with E-state index in [4.69, 9.17) is 0 Å². The van der Waals surface area contributed by atoms with E-state index in [1.165, 1.54) is 18.3 Å². The van der Waals surface area contributed by atoms with Gasteiger partial charge >= 0.3 is 6.43 Å². The van der Waals surface area contributed by atoms with Crippen LogP contribution in [-0.2, 0) is 4.79 Å². The van der Waals surface area contributed by atoms with Crippen LogP contribution in [0.1, 0.15) is 11.7 Å². The second-order valence-corrected chi connectivity index (χ2v) is 4.77. The number of nitrogens with one attached hydrogen (secondary N) is 1. The van der Waals surface area contributed by atoms with Crippen LogP contribution in [0, 0.1) is 0 Å². The number of rotatable bonds is 6. The normalized spacial score (nSPS) is 13.6. The number of aliphatic hydroxyl groups is 1. The van der Waals surface area contributed by atoms with E-state index in [2.05, 4.69) is 10.2 Å². The molecule has 2 aromatic rings. The van der Waals surface area contributed by atoms with E-state index in [9.17, 15) is 23.1 Å². The Morgan fingerprint density at radius 3 is 2.35 bits per heavy atom. The van der Waals surface area contributed by atoms with Crippen LogP contribution >= 0.6 is 0 Å². The molecule has 0 aliphatic carbocycles. The molecule has 2 atom stereocenters. The molecule has 0 saturated heterocycles. The summed E-state index contributed by atoms with van der Waals surface area (Å²) >= 11 is 0. The first-order valence-corrected chi connectivity index (χ1v) is 6.72. The summed E-state index contributed by atoms with van der Waals surface area (Å²) in [5.74, 6) is -1.62. The van der Waals surface area contributed by atoms with Gasteiger partial charge in [0, 0.05) is 5.56 Å². The predicted molar refractivity (Wildman–Crippen MR) is 76.3 cm³/mol. The van der Waals surface area contributed by atoms with Crippen LogP contribution in [0.5, 0.6) is 0 Å². The van der Waals surface area contributed by atoms with E-state index in [0.29, 0.717) is 5.56 Å². The van der Waals surface area contributed by atoms with Crippen molar-refractivity contribution in [1.29, 1.82) is 0 Å². The molecule has 1 aromatic heterocycles. The Bertz CT molecular complexity index is 638. The first kappa shape index (κ1) is 16.9. The first-order valence-electron chi connectivity index (χ1n) is 6.72. The zero-order chi connectivity index (χ0) is 16.8. The smallest absolute Gasteiger partial charge is 0.315 e. The average Bonchev–Trinajstić information content (AvgIpc) is 2.59. The van der Waals surface area contributed by atoms with Crippen molar-refractivity contribution in [1.82, 2.24) is 15.5 Å². The number of hydrogen-bond acceptors (Lipinski definition) is 4. The van der Waals surface area contributed by atoms with Gasteiger partial charge in [-0.1, -0.05) is 24.3 Å². The van der Waals surface area contributed by atoms with Crippen molar-refractivity contribution in [3.63, 3.8) is 0 Å². The van der Waals surface area contributed by atoms with Crippen LogP contribution in [0.3, 0.4) is 0 Å². The monoisotopic (exact) mass is 325 g/mol. The summed E-state index contributed by atoms with van der Waals surface area (Å²) in [5, 5.41) is 19.2. The highest BCUT2D eigenvalue weighted by molar-refractivity contribution is 5.79. The van der Waals surface area contributed by atoms with Crippen LogP contribution in [0.15, 0.2) is 42.7 Å². The van der Waals surface area contributed by atoms with E-state index >= 15 is 0 Å². The summed E-state index contributed by atoms with van der Waals surface area (Å²) in [5.41, 5.74) is 1.89. The third-order valence-corrected chi connectivity index (χ3v) is 3.24. The topological polar surface area (TPSA) is 75.1 Å². The second kappa shape index (κ2) is 7.68. The van der Waals surface area contributed by atoms with Gasteiger partial charge in [0.15, 0.2) is 0 Å². The molecule has 1 heterocycles. The average molecular weight is 325 g/mol. The summed E-state index contributed by atoms with van der Waals surface area (Å²) in [6.07, 6.45) is -1.62. The number of halogens is 3. The Hall–Kier alpha value is -2.48. The van der Waals surface area contributed by atoms with Gasteiger partial charge in [-0.2, -0.15) is 19.0 Å². The number of hydrogen-bond donors (Lipinski definition) is 2. The molecule has 122 valence electrons. The number of amides is 1. The Morgan fingerprint density at radius 2 is 1.83 bits per heavy atom. The van der Waals surface area contributed by atoms with Gasteiger partial charge in [0.25, 0.3) is 5.91 Å². The Morgan fingerprint density at radius 1 is 1.13 bits per heavy atom. The lowest BCUT2D eigenvalue weighted by molar-refractivity contribution is -0.133. The van der Waals surface area contributed by atoms with Gasteiger partial charge in [0.1, 0.15) is 12.8 Å². The molecule has 2 rings (SSSR count). The van der Waals surface area contributed by atoms with Crippen molar-refractivity contribution < 1.29 is 23.1 Å². The molecule has 2 N–H and O–H groups in total. The van der Waals surface area contributed by atoms with E-state index in [1.54, 1.807) is 29.7 Å². The van der Waals surface area contributed by atoms with Crippen molar-refractivity contribution in [3.8, 4) is 11.1 Å². The molecule has 1 amide bonds. The van der Waals surface area contributed by atoms with Crippen molar-refractivity contribution >= 4 is 5.91 Å². The van der Waals surface area contributed by atoms with E-state index in [1.807, 2.05) is 0 Å². The third kappa shape index (κ3) is 4.26. The van der Waals surface area contributed by atoms with E-state index < -0.39 is 31.2 Å². The minimum absolute atomic E-state index is 0.299. The van der Waals surface area contributed by atoms with Crippen LogP contribution in [-0.4, -0.2) is 40.4 Å². The molecule has 5 nitrogen and oxygen atoms in total. The Kier molecular flexibility index (Phi) is 5.64. The van der Waals surface area contributed by atoms with Crippen LogP contribution in [0.2, 0.25) is 0 Å². The van der Waals surface area contributed by atoms with Gasteiger partial charge in [0.2, 0.25) is 0 Å². The highest BCUT2D eigenvalue weighted by Gasteiger charge is 2.26. The number of carbonyl (C=O) groups is 1. The van der Waals surface area contributed by atoms with Crippen LogP contribution in [0.4, 0.5) is 13.2 Å². The molecular formula is C15H14F3N3O2. The predicted octanol–water partition coefficient (Wildman–Crippen LogP) is 1.90. The maximum absolute atomic E-state index is 12.9. The van der Waals surface area contributed by atoms with Crippen molar-refractivity contribution in [2.24, 2.45) is 0 Å². The highest BCUT2D eigenvalue weighted by Crippen LogP contribution is 2.23. The molecule has 1 aromatic carbocycles. The molecule has 0 aliphatic rings. The summed E-state index contributed by atoms with van der Waals surface area (Å²) < 4.78 is 37.3. The number of carbonyl (C=O) groups excluding carboxylic acids is 1. The first-order chi connectivity index (χ1) is 11.0. The van der Waals surface area contributed by atoms with Gasteiger partial charge in [-0.25, -0.2) is 4.39 Å². The minimum atomic E-state index is -3.27. The van der Waals surface area contributed by atoms with E-state index in [-0.39, 0.29) is 0 Å². The number of nitrogens with zero attached hydrogens (tertiary/aromatic N) is 2. The number of aromatic nitrogens is 2. The van der Waals surface area contributed by atoms with Crippen molar-refractivity contribution in [3.05, 3.63) is 48.3 Å². The summed E-state index contributed by atoms with van der Waals surface area (Å²) in [4.78, 5) is 10.9. The Balaban J connectivity index is 2.12. The number of alkyl halides is 3. The molecule has 0 radical (unpaired) electrons. The number of benzene rings is 1. The van der Waals surface area contributed by atoms with Crippen LogP contribution in [0.25, 0.3) is 11.1 Å². The van der Waals surface area contributed by atoms with Crippen LogP contribution < -0.4 is 5.32 Å². The van der Waals surface area contributed by atoms with Crippen molar-refractivity contribution in [2.45, 2.75) is 18.6 Å². The summed E-state index contributed by atoms with van der Waals surface area (Å²) in [6, 6.07) is 6.69. The lowest BCUT2D eigenvalue weighted by atomic mass is 9.99. The van der Waals surface area contributed by atoms with Gasteiger partial charge in [-0.15, -0.1) is 0 Å². The fourth-order valence-corrected chi connectivity index (χ4v) is 2.01. The fraction of sp³-hybridized carbons (Fsp3) is 0.267. The number of aliphatic hydroxyl groups excluding tert-OH is 1. The third-order valence-electron chi connectivity index (χ3n) is 3.24. The quantitative estimate of drug-likeness (QED) is 0.850. The largest absolute Gasteiger partial charge is 0.386 e. The standard InChI is InChI=1S/C15H14F3N3O2/c16-7-12(21-15(23)14(17)18)13(22)10-3-1-9(2-4-10)11-5-6-19-20-8-11/h1-6,8,12-14,22H,7H2,(H,21,23). The van der Waals surface area contributed by atoms with E-state index in [0.717, 1.165) is 11.1 Å².